The van der Waals surface area contributed by atoms with Gasteiger partial charge in [-0.2, -0.15) is 0 Å². The molecule has 0 aliphatic carbocycles. The first-order chi connectivity index (χ1) is 12.1. The third-order valence-electron chi connectivity index (χ3n) is 4.70. The number of anilines is 1. The largest absolute Gasteiger partial charge is 0.369 e. The molecule has 0 N–H and O–H groups in total. The van der Waals surface area contributed by atoms with E-state index >= 15 is 0 Å². The highest BCUT2D eigenvalue weighted by Gasteiger charge is 2.20. The van der Waals surface area contributed by atoms with Crippen LogP contribution in [0, 0.1) is 12.7 Å². The van der Waals surface area contributed by atoms with Crippen LogP contribution in [0.3, 0.4) is 0 Å². The Kier molecular flexibility index (Phi) is 5.64. The summed E-state index contributed by atoms with van der Waals surface area (Å²) in [6.07, 6.45) is 5.66. The number of amides is 1. The van der Waals surface area contributed by atoms with E-state index in [1.807, 2.05) is 29.4 Å². The molecule has 1 fully saturated rings. The first-order valence-electron chi connectivity index (χ1n) is 8.81. The van der Waals surface area contributed by atoms with Crippen molar-refractivity contribution in [3.8, 4) is 0 Å². The Bertz CT molecular complexity index is 734. The summed E-state index contributed by atoms with van der Waals surface area (Å²) < 4.78 is 13.2. The molecule has 3 rings (SSSR count). The van der Waals surface area contributed by atoms with Crippen LogP contribution in [0.15, 0.2) is 42.7 Å². The van der Waals surface area contributed by atoms with Crippen LogP contribution >= 0.6 is 0 Å². The molecule has 0 atom stereocenters. The van der Waals surface area contributed by atoms with Crippen molar-refractivity contribution < 1.29 is 9.18 Å². The predicted molar refractivity (Wildman–Crippen MR) is 97.1 cm³/mol. The van der Waals surface area contributed by atoms with E-state index in [-0.39, 0.29) is 11.7 Å². The van der Waals surface area contributed by atoms with Crippen molar-refractivity contribution in [1.82, 2.24) is 9.88 Å². The van der Waals surface area contributed by atoms with Gasteiger partial charge in [0.1, 0.15) is 5.82 Å². The predicted octanol–water partition coefficient (Wildman–Crippen LogP) is 3.20. The summed E-state index contributed by atoms with van der Waals surface area (Å²) in [7, 11) is 0. The minimum atomic E-state index is -0.247. The molecule has 1 amide bonds. The zero-order chi connectivity index (χ0) is 17.6. The molecule has 1 aromatic carbocycles. The fourth-order valence-electron chi connectivity index (χ4n) is 3.33. The molecule has 2 aromatic rings. The molecule has 25 heavy (non-hydrogen) atoms. The number of carbonyl (C=O) groups excluding carboxylic acids is 1. The second-order valence-electron chi connectivity index (χ2n) is 6.51. The molecular formula is C20H24FN3O. The maximum absolute atomic E-state index is 13.2. The Morgan fingerprint density at radius 2 is 2.08 bits per heavy atom. The number of benzene rings is 1. The molecule has 0 saturated carbocycles. The van der Waals surface area contributed by atoms with Gasteiger partial charge in [-0.25, -0.2) is 4.39 Å². The lowest BCUT2D eigenvalue weighted by Crippen LogP contribution is -2.35. The Morgan fingerprint density at radius 3 is 2.88 bits per heavy atom. The number of aryl methyl sites for hydroxylation is 2. The highest BCUT2D eigenvalue weighted by Crippen LogP contribution is 2.20. The Balaban J connectivity index is 1.55. The van der Waals surface area contributed by atoms with Gasteiger partial charge < -0.3 is 9.80 Å². The number of rotatable bonds is 4. The quantitative estimate of drug-likeness (QED) is 0.857. The molecule has 0 radical (unpaired) electrons. The number of nitrogens with zero attached hydrogens (tertiary/aromatic N) is 3. The van der Waals surface area contributed by atoms with Gasteiger partial charge in [-0.05, 0) is 49.1 Å². The second kappa shape index (κ2) is 8.10. The number of carbonyl (C=O) groups is 1. The highest BCUT2D eigenvalue weighted by molar-refractivity contribution is 5.76. The lowest BCUT2D eigenvalue weighted by molar-refractivity contribution is -0.130. The summed E-state index contributed by atoms with van der Waals surface area (Å²) in [6, 6.07) is 8.53. The van der Waals surface area contributed by atoms with Crippen molar-refractivity contribution in [2.45, 2.75) is 26.2 Å². The smallest absolute Gasteiger partial charge is 0.222 e. The second-order valence-corrected chi connectivity index (χ2v) is 6.51. The topological polar surface area (TPSA) is 36.4 Å². The molecule has 1 aromatic heterocycles. The fraction of sp³-hybridized carbons (Fsp3) is 0.400. The molecule has 132 valence electrons. The molecular weight excluding hydrogens is 317 g/mol. The number of halogens is 1. The highest BCUT2D eigenvalue weighted by atomic mass is 19.1. The Hall–Kier alpha value is -2.43. The summed E-state index contributed by atoms with van der Waals surface area (Å²) in [6.45, 7) is 5.34. The van der Waals surface area contributed by atoms with Gasteiger partial charge in [0, 0.05) is 50.7 Å². The van der Waals surface area contributed by atoms with E-state index in [2.05, 4.69) is 16.8 Å². The van der Waals surface area contributed by atoms with E-state index in [1.165, 1.54) is 17.8 Å². The van der Waals surface area contributed by atoms with Gasteiger partial charge in [0.25, 0.3) is 0 Å². The number of pyridine rings is 1. The SMILES string of the molecule is Cc1cnccc1N1CCCN(C(=O)CCc2cccc(F)c2)CC1. The summed E-state index contributed by atoms with van der Waals surface area (Å²) in [5.41, 5.74) is 3.23. The van der Waals surface area contributed by atoms with Crippen LogP contribution < -0.4 is 4.90 Å². The lowest BCUT2D eigenvalue weighted by atomic mass is 10.1. The van der Waals surface area contributed by atoms with Crippen molar-refractivity contribution in [2.75, 3.05) is 31.1 Å². The molecule has 2 heterocycles. The van der Waals surface area contributed by atoms with Crippen molar-refractivity contribution in [1.29, 1.82) is 0 Å². The maximum Gasteiger partial charge on any atom is 0.222 e. The molecule has 1 saturated heterocycles. The van der Waals surface area contributed by atoms with Gasteiger partial charge in [0.15, 0.2) is 0 Å². The molecule has 0 unspecified atom stereocenters. The van der Waals surface area contributed by atoms with Gasteiger partial charge in [-0.1, -0.05) is 12.1 Å². The number of aromatic nitrogens is 1. The monoisotopic (exact) mass is 341 g/mol. The third-order valence-corrected chi connectivity index (χ3v) is 4.70. The molecule has 0 bridgehead atoms. The van der Waals surface area contributed by atoms with Gasteiger partial charge in [-0.3, -0.25) is 9.78 Å². The van der Waals surface area contributed by atoms with Crippen LogP contribution in [0.2, 0.25) is 0 Å². The molecule has 1 aliphatic heterocycles. The lowest BCUT2D eigenvalue weighted by Gasteiger charge is -2.25. The van der Waals surface area contributed by atoms with Crippen molar-refractivity contribution in [2.24, 2.45) is 0 Å². The van der Waals surface area contributed by atoms with Crippen LogP contribution in [0.25, 0.3) is 0 Å². The minimum absolute atomic E-state index is 0.151. The van der Waals surface area contributed by atoms with E-state index in [9.17, 15) is 9.18 Å². The van der Waals surface area contributed by atoms with Crippen LogP contribution in [0.1, 0.15) is 24.0 Å². The summed E-state index contributed by atoms with van der Waals surface area (Å²) >= 11 is 0. The van der Waals surface area contributed by atoms with Gasteiger partial charge in [0.05, 0.1) is 0 Å². The Morgan fingerprint density at radius 1 is 1.20 bits per heavy atom. The van der Waals surface area contributed by atoms with Gasteiger partial charge in [-0.15, -0.1) is 0 Å². The Labute approximate surface area is 148 Å². The zero-order valence-corrected chi connectivity index (χ0v) is 14.6. The third kappa shape index (κ3) is 4.56. The first kappa shape index (κ1) is 17.4. The average molecular weight is 341 g/mol. The van der Waals surface area contributed by atoms with E-state index in [1.54, 1.807) is 6.07 Å². The van der Waals surface area contributed by atoms with Crippen LogP contribution in [-0.4, -0.2) is 42.0 Å². The normalized spacial score (nSPS) is 15.1. The summed E-state index contributed by atoms with van der Waals surface area (Å²) in [5, 5.41) is 0. The van der Waals surface area contributed by atoms with E-state index in [0.29, 0.717) is 12.8 Å². The molecule has 4 nitrogen and oxygen atoms in total. The van der Waals surface area contributed by atoms with Crippen molar-refractivity contribution in [3.05, 3.63) is 59.7 Å². The van der Waals surface area contributed by atoms with E-state index in [4.69, 9.17) is 0 Å². The fourth-order valence-corrected chi connectivity index (χ4v) is 3.33. The minimum Gasteiger partial charge on any atom is -0.369 e. The summed E-state index contributed by atoms with van der Waals surface area (Å²) in [5.74, 6) is -0.0966. The first-order valence-corrected chi connectivity index (χ1v) is 8.81. The standard InChI is InChI=1S/C20H24FN3O/c1-16-15-22-9-8-19(16)23-10-3-11-24(13-12-23)20(25)7-6-17-4-2-5-18(21)14-17/h2,4-5,8-9,14-15H,3,6-7,10-13H2,1H3. The summed E-state index contributed by atoms with van der Waals surface area (Å²) in [4.78, 5) is 20.9. The van der Waals surface area contributed by atoms with Crippen molar-refractivity contribution in [3.63, 3.8) is 0 Å². The molecule has 0 spiro atoms. The van der Waals surface area contributed by atoms with Crippen LogP contribution in [0.5, 0.6) is 0 Å². The molecule has 1 aliphatic rings. The van der Waals surface area contributed by atoms with Crippen LogP contribution in [0.4, 0.5) is 10.1 Å². The van der Waals surface area contributed by atoms with E-state index < -0.39 is 0 Å². The van der Waals surface area contributed by atoms with Gasteiger partial charge >= 0.3 is 0 Å². The number of hydrogen-bond donors (Lipinski definition) is 0. The van der Waals surface area contributed by atoms with Crippen LogP contribution in [-0.2, 0) is 11.2 Å². The molecule has 5 heteroatoms. The number of hydrogen-bond acceptors (Lipinski definition) is 3. The van der Waals surface area contributed by atoms with Gasteiger partial charge in [0.2, 0.25) is 5.91 Å². The van der Waals surface area contributed by atoms with Crippen molar-refractivity contribution >= 4 is 11.6 Å². The average Bonchev–Trinajstić information content (AvgIpc) is 2.86. The van der Waals surface area contributed by atoms with E-state index in [0.717, 1.165) is 43.7 Å². The zero-order valence-electron chi connectivity index (χ0n) is 14.6. The maximum atomic E-state index is 13.2.